The first-order chi connectivity index (χ1) is 13.3. The van der Waals surface area contributed by atoms with E-state index in [9.17, 15) is 18.8 Å². The summed E-state index contributed by atoms with van der Waals surface area (Å²) in [5.41, 5.74) is 1.36. The molecule has 28 heavy (non-hydrogen) atoms. The van der Waals surface area contributed by atoms with Crippen LogP contribution in [-0.2, 0) is 16.0 Å². The predicted molar refractivity (Wildman–Crippen MR) is 104 cm³/mol. The van der Waals surface area contributed by atoms with Crippen molar-refractivity contribution in [3.8, 4) is 16.2 Å². The molecule has 1 aromatic carbocycles. The van der Waals surface area contributed by atoms with Gasteiger partial charge in [-0.3, -0.25) is 14.4 Å². The fourth-order valence-electron chi connectivity index (χ4n) is 3.03. The summed E-state index contributed by atoms with van der Waals surface area (Å²) in [4.78, 5) is 35.6. The van der Waals surface area contributed by atoms with Crippen LogP contribution in [0.25, 0.3) is 10.4 Å². The molecule has 0 radical (unpaired) electrons. The van der Waals surface area contributed by atoms with E-state index in [0.29, 0.717) is 22.6 Å². The highest BCUT2D eigenvalue weighted by atomic mass is 32.1. The van der Waals surface area contributed by atoms with E-state index in [1.807, 2.05) is 0 Å². The zero-order valence-electron chi connectivity index (χ0n) is 15.6. The highest BCUT2D eigenvalue weighted by molar-refractivity contribution is 7.17. The number of thiophene rings is 1. The summed E-state index contributed by atoms with van der Waals surface area (Å²) in [6.45, 7) is 3.45. The Bertz CT molecular complexity index is 925. The van der Waals surface area contributed by atoms with Crippen LogP contribution >= 0.6 is 11.3 Å². The van der Waals surface area contributed by atoms with E-state index in [4.69, 9.17) is 4.74 Å². The van der Waals surface area contributed by atoms with Gasteiger partial charge in [-0.2, -0.15) is 0 Å². The van der Waals surface area contributed by atoms with E-state index in [1.54, 1.807) is 12.1 Å². The Labute approximate surface area is 166 Å². The topological polar surface area (TPSA) is 84.5 Å². The Morgan fingerprint density at radius 1 is 1.21 bits per heavy atom. The predicted octanol–water partition coefficient (Wildman–Crippen LogP) is 2.70. The summed E-state index contributed by atoms with van der Waals surface area (Å²) in [6, 6.07) is 6.36. The second-order valence-electron chi connectivity index (χ2n) is 6.64. The van der Waals surface area contributed by atoms with Gasteiger partial charge in [-0.15, -0.1) is 11.3 Å². The molecule has 6 nitrogen and oxygen atoms in total. The van der Waals surface area contributed by atoms with Crippen molar-refractivity contribution in [1.29, 1.82) is 0 Å². The van der Waals surface area contributed by atoms with E-state index in [0.717, 1.165) is 10.4 Å². The largest absolute Gasteiger partial charge is 0.487 e. The van der Waals surface area contributed by atoms with Gasteiger partial charge >= 0.3 is 0 Å². The minimum absolute atomic E-state index is 0.0370. The van der Waals surface area contributed by atoms with E-state index in [-0.39, 0.29) is 49.0 Å². The number of hydrogen-bond acceptors (Lipinski definition) is 5. The van der Waals surface area contributed by atoms with Crippen LogP contribution in [0.4, 0.5) is 4.39 Å². The maximum atomic E-state index is 14.1. The highest BCUT2D eigenvalue weighted by Gasteiger charge is 2.28. The van der Waals surface area contributed by atoms with Gasteiger partial charge in [-0.05, 0) is 31.2 Å². The van der Waals surface area contributed by atoms with Gasteiger partial charge < -0.3 is 15.4 Å². The number of hydrogen-bond donors (Lipinski definition) is 2. The molecule has 2 N–H and O–H groups in total. The molecule has 8 heteroatoms. The zero-order valence-corrected chi connectivity index (χ0v) is 16.5. The molecule has 0 unspecified atom stereocenters. The van der Waals surface area contributed by atoms with Gasteiger partial charge in [0.2, 0.25) is 11.8 Å². The van der Waals surface area contributed by atoms with E-state index < -0.39 is 0 Å². The van der Waals surface area contributed by atoms with Crippen LogP contribution in [0.1, 0.15) is 35.5 Å². The Hall–Kier alpha value is -2.74. The lowest BCUT2D eigenvalue weighted by atomic mass is 10.0. The molecule has 2 heterocycles. The van der Waals surface area contributed by atoms with Crippen LogP contribution in [0.2, 0.25) is 0 Å². The number of ether oxygens (including phenoxy) is 1. The molecular formula is C20H21FN2O4S. The van der Waals surface area contributed by atoms with Crippen LogP contribution in [0, 0.1) is 5.82 Å². The molecule has 2 amide bonds. The number of halogens is 1. The molecule has 0 saturated heterocycles. The fraction of sp³-hybridized carbons (Fsp3) is 0.350. The minimum Gasteiger partial charge on any atom is -0.487 e. The van der Waals surface area contributed by atoms with E-state index >= 15 is 0 Å². The number of rotatable bonds is 7. The van der Waals surface area contributed by atoms with Gasteiger partial charge in [-0.25, -0.2) is 4.39 Å². The third-order valence-corrected chi connectivity index (χ3v) is 5.55. The first-order valence-electron chi connectivity index (χ1n) is 8.95. The van der Waals surface area contributed by atoms with Crippen molar-refractivity contribution in [1.82, 2.24) is 10.6 Å². The van der Waals surface area contributed by atoms with Crippen molar-refractivity contribution in [2.75, 3.05) is 13.1 Å². The molecule has 1 atom stereocenters. The molecule has 1 aliphatic heterocycles. The normalized spacial score (nSPS) is 14.9. The zero-order chi connectivity index (χ0) is 20.3. The van der Waals surface area contributed by atoms with Crippen molar-refractivity contribution in [2.45, 2.75) is 32.8 Å². The summed E-state index contributed by atoms with van der Waals surface area (Å²) in [5.74, 6) is -0.182. The fourth-order valence-corrected chi connectivity index (χ4v) is 3.95. The van der Waals surface area contributed by atoms with Crippen molar-refractivity contribution >= 4 is 28.9 Å². The third-order valence-electron chi connectivity index (χ3n) is 4.33. The number of amides is 2. The Balaban J connectivity index is 1.66. The minimum atomic E-state index is -0.366. The molecule has 0 aliphatic carbocycles. The average Bonchev–Trinajstić information content (AvgIpc) is 3.25. The average molecular weight is 404 g/mol. The monoisotopic (exact) mass is 404 g/mol. The van der Waals surface area contributed by atoms with Crippen molar-refractivity contribution in [2.24, 2.45) is 0 Å². The van der Waals surface area contributed by atoms with Crippen LogP contribution in [-0.4, -0.2) is 36.8 Å². The number of fused-ring (bicyclic) bond motifs is 1. The second-order valence-corrected chi connectivity index (χ2v) is 7.73. The van der Waals surface area contributed by atoms with Crippen molar-refractivity contribution < 1.29 is 23.5 Å². The summed E-state index contributed by atoms with van der Waals surface area (Å²) in [5, 5.41) is 5.34. The summed E-state index contributed by atoms with van der Waals surface area (Å²) < 4.78 is 20.1. The maximum Gasteiger partial charge on any atom is 0.221 e. The summed E-state index contributed by atoms with van der Waals surface area (Å²) in [7, 11) is 0. The third kappa shape index (κ3) is 4.75. The molecule has 1 aliphatic rings. The van der Waals surface area contributed by atoms with Crippen LogP contribution < -0.4 is 15.4 Å². The molecule has 0 saturated carbocycles. The molecule has 0 bridgehead atoms. The first-order valence-corrected chi connectivity index (χ1v) is 9.76. The molecular weight excluding hydrogens is 383 g/mol. The van der Waals surface area contributed by atoms with E-state index in [2.05, 4.69) is 10.6 Å². The lowest BCUT2D eigenvalue weighted by Crippen LogP contribution is -2.36. The first kappa shape index (κ1) is 20.0. The number of ketones is 1. The molecule has 3 rings (SSSR count). The summed E-state index contributed by atoms with van der Waals surface area (Å²) >= 11 is 1.30. The van der Waals surface area contributed by atoms with Crippen LogP contribution in [0.5, 0.6) is 5.75 Å². The molecule has 148 valence electrons. The maximum absolute atomic E-state index is 14.1. The molecule has 1 aromatic heterocycles. The number of Topliss-reactive ketones (excluding diaryl/α,β-unsaturated/α-hetero) is 1. The smallest absolute Gasteiger partial charge is 0.221 e. The van der Waals surface area contributed by atoms with Gasteiger partial charge in [0.25, 0.3) is 0 Å². The van der Waals surface area contributed by atoms with Gasteiger partial charge in [0.05, 0.1) is 11.4 Å². The van der Waals surface area contributed by atoms with Gasteiger partial charge in [-0.1, -0.05) is 0 Å². The van der Waals surface area contributed by atoms with Crippen molar-refractivity contribution in [3.05, 3.63) is 40.5 Å². The SMILES string of the molecule is CC(=O)NCCC(=O)NC[C@@H]1Cc2cc(F)cc(-c3ccc(C(C)=O)s3)c2O1. The lowest BCUT2D eigenvalue weighted by molar-refractivity contribution is -0.121. The molecule has 0 fully saturated rings. The van der Waals surface area contributed by atoms with Gasteiger partial charge in [0.15, 0.2) is 5.78 Å². The number of carbonyl (C=O) groups excluding carboxylic acids is 3. The Morgan fingerprint density at radius 2 is 2.00 bits per heavy atom. The van der Waals surface area contributed by atoms with Gasteiger partial charge in [0, 0.05) is 42.3 Å². The number of nitrogens with one attached hydrogen (secondary N) is 2. The van der Waals surface area contributed by atoms with E-state index in [1.165, 1.54) is 37.3 Å². The Kier molecular flexibility index (Phi) is 6.08. The standard InChI is InChI=1S/C20H21FN2O4S/c1-11(24)17-3-4-18(28-17)16-9-14(21)7-13-8-15(27-20(13)16)10-23-19(26)5-6-22-12(2)25/h3-4,7,9,15H,5-6,8,10H2,1-2H3,(H,22,25)(H,23,26)/t15-/m0/s1. The van der Waals surface area contributed by atoms with Gasteiger partial charge in [0.1, 0.15) is 17.7 Å². The van der Waals surface area contributed by atoms with Crippen LogP contribution in [0.15, 0.2) is 24.3 Å². The number of carbonyl (C=O) groups is 3. The van der Waals surface area contributed by atoms with Crippen LogP contribution in [0.3, 0.4) is 0 Å². The number of benzene rings is 1. The quantitative estimate of drug-likeness (QED) is 0.695. The Morgan fingerprint density at radius 3 is 2.68 bits per heavy atom. The second kappa shape index (κ2) is 8.52. The summed E-state index contributed by atoms with van der Waals surface area (Å²) in [6.07, 6.45) is 0.367. The molecule has 2 aromatic rings. The molecule has 0 spiro atoms. The van der Waals surface area contributed by atoms with Crippen molar-refractivity contribution in [3.63, 3.8) is 0 Å². The lowest BCUT2D eigenvalue weighted by Gasteiger charge is -2.13. The highest BCUT2D eigenvalue weighted by Crippen LogP contribution is 2.42.